The molecule has 0 heterocycles. The number of benzene rings is 1. The molecule has 0 radical (unpaired) electrons. The topological polar surface area (TPSA) is 98.5 Å². The molecule has 0 saturated heterocycles. The van der Waals surface area contributed by atoms with Crippen LogP contribution in [0.3, 0.4) is 0 Å². The maximum absolute atomic E-state index is 11.8. The highest BCUT2D eigenvalue weighted by atomic mass is 32.2. The van der Waals surface area contributed by atoms with Crippen LogP contribution in [0.4, 0.5) is 0 Å². The highest BCUT2D eigenvalue weighted by Gasteiger charge is 2.17. The smallest absolute Gasteiger partial charge is 0.251 e. The van der Waals surface area contributed by atoms with Gasteiger partial charge in [-0.3, -0.25) is 4.79 Å². The van der Waals surface area contributed by atoms with Gasteiger partial charge in [0.15, 0.2) is 0 Å². The van der Waals surface area contributed by atoms with Crippen molar-refractivity contribution in [2.75, 3.05) is 7.11 Å². The molecule has 3 N–H and O–H groups in total. The van der Waals surface area contributed by atoms with Gasteiger partial charge in [0.1, 0.15) is 0 Å². The number of sulfonamides is 1. The SMILES string of the molecule is COCc1ccc(C(=O)NC(C)C)cc1S(N)(=O)=O. The first-order valence-electron chi connectivity index (χ1n) is 5.71. The van der Waals surface area contributed by atoms with Crippen LogP contribution in [0.1, 0.15) is 29.8 Å². The number of nitrogens with two attached hydrogens (primary N) is 1. The lowest BCUT2D eigenvalue weighted by Gasteiger charge is -2.11. The summed E-state index contributed by atoms with van der Waals surface area (Å²) in [4.78, 5) is 11.7. The number of carbonyl (C=O) groups excluding carboxylic acids is 1. The molecular weight excluding hydrogens is 268 g/mol. The maximum atomic E-state index is 11.8. The van der Waals surface area contributed by atoms with Gasteiger partial charge < -0.3 is 10.1 Å². The standard InChI is InChI=1S/C12H18N2O4S/c1-8(2)14-12(15)9-4-5-10(7-18-3)11(6-9)19(13,16)17/h4-6,8H,7H2,1-3H3,(H,14,15)(H2,13,16,17). The molecule has 19 heavy (non-hydrogen) atoms. The van der Waals surface area contributed by atoms with E-state index in [1.54, 1.807) is 6.07 Å². The Balaban J connectivity index is 3.22. The fraction of sp³-hybridized carbons (Fsp3) is 0.417. The molecule has 1 aromatic carbocycles. The second-order valence-corrected chi connectivity index (χ2v) is 5.96. The number of amides is 1. The van der Waals surface area contributed by atoms with Crippen molar-refractivity contribution in [1.82, 2.24) is 5.32 Å². The molecule has 7 heteroatoms. The summed E-state index contributed by atoms with van der Waals surface area (Å²) in [5.74, 6) is -0.344. The van der Waals surface area contributed by atoms with Crippen molar-refractivity contribution in [3.63, 3.8) is 0 Å². The fourth-order valence-corrected chi connectivity index (χ4v) is 2.36. The zero-order valence-corrected chi connectivity index (χ0v) is 12.0. The third kappa shape index (κ3) is 4.30. The number of ether oxygens (including phenoxy) is 1. The Bertz CT molecular complexity index is 567. The van der Waals surface area contributed by atoms with Crippen LogP contribution in [0.25, 0.3) is 0 Å². The summed E-state index contributed by atoms with van der Waals surface area (Å²) >= 11 is 0. The number of nitrogens with one attached hydrogen (secondary N) is 1. The number of hydrogen-bond acceptors (Lipinski definition) is 4. The average Bonchev–Trinajstić information content (AvgIpc) is 2.27. The lowest BCUT2D eigenvalue weighted by molar-refractivity contribution is 0.0942. The van der Waals surface area contributed by atoms with Crippen molar-refractivity contribution < 1.29 is 17.9 Å². The van der Waals surface area contributed by atoms with Gasteiger partial charge >= 0.3 is 0 Å². The molecule has 0 spiro atoms. The van der Waals surface area contributed by atoms with E-state index in [4.69, 9.17) is 9.88 Å². The molecule has 0 fully saturated rings. The lowest BCUT2D eigenvalue weighted by Crippen LogP contribution is -2.30. The van der Waals surface area contributed by atoms with Crippen molar-refractivity contribution in [2.24, 2.45) is 5.14 Å². The predicted molar refractivity (Wildman–Crippen MR) is 71.1 cm³/mol. The van der Waals surface area contributed by atoms with Crippen molar-refractivity contribution in [3.05, 3.63) is 29.3 Å². The summed E-state index contributed by atoms with van der Waals surface area (Å²) < 4.78 is 27.9. The molecule has 0 bridgehead atoms. The van der Waals surface area contributed by atoms with E-state index in [-0.39, 0.29) is 29.0 Å². The molecule has 6 nitrogen and oxygen atoms in total. The normalized spacial score (nSPS) is 11.6. The van der Waals surface area contributed by atoms with Crippen LogP contribution >= 0.6 is 0 Å². The predicted octanol–water partition coefficient (Wildman–Crippen LogP) is 0.619. The first kappa shape index (κ1) is 15.6. The van der Waals surface area contributed by atoms with E-state index in [2.05, 4.69) is 5.32 Å². The van der Waals surface area contributed by atoms with E-state index in [1.165, 1.54) is 19.2 Å². The molecule has 0 aromatic heterocycles. The summed E-state index contributed by atoms with van der Waals surface area (Å²) in [5.41, 5.74) is 0.670. The lowest BCUT2D eigenvalue weighted by atomic mass is 10.1. The fourth-order valence-electron chi connectivity index (χ4n) is 1.58. The summed E-state index contributed by atoms with van der Waals surface area (Å²) in [6.45, 7) is 3.74. The van der Waals surface area contributed by atoms with Gasteiger partial charge in [-0.2, -0.15) is 0 Å². The van der Waals surface area contributed by atoms with Crippen LogP contribution in [-0.4, -0.2) is 27.5 Å². The second-order valence-electron chi connectivity index (χ2n) is 4.43. The van der Waals surface area contributed by atoms with Crippen LogP contribution in [0.15, 0.2) is 23.1 Å². The Labute approximate surface area is 113 Å². The van der Waals surface area contributed by atoms with Gasteiger partial charge in [0, 0.05) is 18.7 Å². The summed E-state index contributed by atoms with van der Waals surface area (Å²) in [5, 5.41) is 7.83. The van der Waals surface area contributed by atoms with E-state index in [1.807, 2.05) is 13.8 Å². The summed E-state index contributed by atoms with van der Waals surface area (Å²) in [6, 6.07) is 4.30. The van der Waals surface area contributed by atoms with Gasteiger partial charge in [0.2, 0.25) is 10.0 Å². The monoisotopic (exact) mass is 286 g/mol. The van der Waals surface area contributed by atoms with Gasteiger partial charge in [-0.25, -0.2) is 13.6 Å². The maximum Gasteiger partial charge on any atom is 0.251 e. The van der Waals surface area contributed by atoms with Crippen molar-refractivity contribution >= 4 is 15.9 Å². The van der Waals surface area contributed by atoms with Crippen molar-refractivity contribution in [2.45, 2.75) is 31.4 Å². The van der Waals surface area contributed by atoms with Crippen LogP contribution in [0.5, 0.6) is 0 Å². The number of methoxy groups -OCH3 is 1. The Kier molecular flexibility index (Phi) is 5.04. The van der Waals surface area contributed by atoms with Crippen LogP contribution in [0.2, 0.25) is 0 Å². The molecule has 0 unspecified atom stereocenters. The molecular formula is C12H18N2O4S. The van der Waals surface area contributed by atoms with E-state index in [0.717, 1.165) is 0 Å². The van der Waals surface area contributed by atoms with Crippen LogP contribution in [-0.2, 0) is 21.4 Å². The van der Waals surface area contributed by atoms with Crippen LogP contribution < -0.4 is 10.5 Å². The number of hydrogen-bond donors (Lipinski definition) is 2. The highest BCUT2D eigenvalue weighted by Crippen LogP contribution is 2.17. The Hall–Kier alpha value is -1.44. The Morgan fingerprint density at radius 1 is 1.42 bits per heavy atom. The molecule has 0 atom stereocenters. The number of primary sulfonamides is 1. The zero-order chi connectivity index (χ0) is 14.6. The minimum absolute atomic E-state index is 0.0379. The third-order valence-electron chi connectivity index (χ3n) is 2.36. The molecule has 0 aliphatic heterocycles. The van der Waals surface area contributed by atoms with Crippen LogP contribution in [0, 0.1) is 0 Å². The molecule has 1 aromatic rings. The largest absolute Gasteiger partial charge is 0.380 e. The van der Waals surface area contributed by atoms with Gasteiger partial charge in [0.05, 0.1) is 11.5 Å². The Morgan fingerprint density at radius 2 is 2.05 bits per heavy atom. The van der Waals surface area contributed by atoms with Crippen molar-refractivity contribution in [3.8, 4) is 0 Å². The molecule has 0 aliphatic carbocycles. The third-order valence-corrected chi connectivity index (χ3v) is 3.35. The highest BCUT2D eigenvalue weighted by molar-refractivity contribution is 7.89. The summed E-state index contributed by atoms with van der Waals surface area (Å²) in [6.07, 6.45) is 0. The number of carbonyl (C=O) groups is 1. The second kappa shape index (κ2) is 6.14. The minimum Gasteiger partial charge on any atom is -0.380 e. The average molecular weight is 286 g/mol. The number of rotatable bonds is 5. The van der Waals surface area contributed by atoms with E-state index in [9.17, 15) is 13.2 Å². The van der Waals surface area contributed by atoms with Crippen molar-refractivity contribution in [1.29, 1.82) is 0 Å². The summed E-state index contributed by atoms with van der Waals surface area (Å²) in [7, 11) is -2.45. The van der Waals surface area contributed by atoms with E-state index < -0.39 is 10.0 Å². The zero-order valence-electron chi connectivity index (χ0n) is 11.1. The molecule has 0 aliphatic rings. The minimum atomic E-state index is -3.90. The Morgan fingerprint density at radius 3 is 2.53 bits per heavy atom. The first-order valence-corrected chi connectivity index (χ1v) is 7.26. The first-order chi connectivity index (χ1) is 8.75. The van der Waals surface area contributed by atoms with Gasteiger partial charge in [-0.05, 0) is 31.5 Å². The molecule has 1 rings (SSSR count). The molecule has 0 saturated carbocycles. The quantitative estimate of drug-likeness (QED) is 0.829. The molecule has 1 amide bonds. The molecule has 106 valence electrons. The van der Waals surface area contributed by atoms with E-state index >= 15 is 0 Å². The van der Waals surface area contributed by atoms with Gasteiger partial charge in [-0.1, -0.05) is 6.07 Å². The van der Waals surface area contributed by atoms with E-state index in [0.29, 0.717) is 5.56 Å². The van der Waals surface area contributed by atoms with Gasteiger partial charge in [-0.15, -0.1) is 0 Å². The van der Waals surface area contributed by atoms with Gasteiger partial charge in [0.25, 0.3) is 5.91 Å².